The maximum absolute atomic E-state index is 12.5. The van der Waals surface area contributed by atoms with Gasteiger partial charge in [-0.25, -0.2) is 0 Å². The van der Waals surface area contributed by atoms with Crippen LogP contribution < -0.4 is 5.32 Å². The molecule has 2 N–H and O–H groups in total. The molecule has 0 spiro atoms. The second-order valence-corrected chi connectivity index (χ2v) is 5.37. The van der Waals surface area contributed by atoms with E-state index < -0.39 is 11.7 Å². The van der Waals surface area contributed by atoms with Crippen molar-refractivity contribution in [1.82, 2.24) is 10.2 Å². The summed E-state index contributed by atoms with van der Waals surface area (Å²) in [6.45, 7) is 1.62. The minimum atomic E-state index is -0.834. The van der Waals surface area contributed by atoms with Gasteiger partial charge in [0.15, 0.2) is 6.10 Å². The summed E-state index contributed by atoms with van der Waals surface area (Å²) in [4.78, 5) is 14.0. The van der Waals surface area contributed by atoms with E-state index in [0.717, 1.165) is 12.1 Å². The summed E-state index contributed by atoms with van der Waals surface area (Å²) in [5, 5.41) is 13.5. The van der Waals surface area contributed by atoms with Gasteiger partial charge in [-0.3, -0.25) is 4.79 Å². The van der Waals surface area contributed by atoms with Gasteiger partial charge in [-0.05, 0) is 18.5 Å². The molecule has 1 fully saturated rings. The van der Waals surface area contributed by atoms with Crippen molar-refractivity contribution in [3.8, 4) is 0 Å². The second-order valence-electron chi connectivity index (χ2n) is 5.37. The van der Waals surface area contributed by atoms with Gasteiger partial charge in [0, 0.05) is 20.7 Å². The zero-order chi connectivity index (χ0) is 14.6. The topological polar surface area (TPSA) is 61.8 Å². The summed E-state index contributed by atoms with van der Waals surface area (Å²) in [5.41, 5.74) is -0.0114. The number of hydrogen-bond acceptors (Lipinski definition) is 4. The molecule has 110 valence electrons. The molecule has 0 bridgehead atoms. The van der Waals surface area contributed by atoms with E-state index in [0.29, 0.717) is 19.5 Å². The zero-order valence-electron chi connectivity index (χ0n) is 12.0. The van der Waals surface area contributed by atoms with E-state index in [-0.39, 0.29) is 5.91 Å². The van der Waals surface area contributed by atoms with E-state index in [1.807, 2.05) is 30.3 Å². The number of likely N-dealkylation sites (N-methyl/N-ethyl adjacent to an activating group) is 1. The van der Waals surface area contributed by atoms with Crippen LogP contribution in [0.3, 0.4) is 0 Å². The van der Waals surface area contributed by atoms with Crippen molar-refractivity contribution >= 4 is 5.91 Å². The van der Waals surface area contributed by atoms with Crippen molar-refractivity contribution in [1.29, 1.82) is 0 Å². The first kappa shape index (κ1) is 15.0. The minimum Gasteiger partial charge on any atom is -0.387 e. The number of aliphatic hydroxyl groups is 1. The van der Waals surface area contributed by atoms with Gasteiger partial charge in [0.2, 0.25) is 0 Å². The fourth-order valence-electron chi connectivity index (χ4n) is 2.59. The Labute approximate surface area is 119 Å². The molecule has 0 radical (unpaired) electrons. The van der Waals surface area contributed by atoms with Gasteiger partial charge in [-0.2, -0.15) is 0 Å². The number of methoxy groups -OCH3 is 1. The average molecular weight is 278 g/mol. The molecular formula is C15H22N2O3. The summed E-state index contributed by atoms with van der Waals surface area (Å²) in [7, 11) is 3.23. The molecule has 1 aromatic rings. The van der Waals surface area contributed by atoms with Crippen molar-refractivity contribution in [2.75, 3.05) is 33.8 Å². The number of benzene rings is 1. The summed E-state index contributed by atoms with van der Waals surface area (Å²) < 4.78 is 5.33. The Hall–Kier alpha value is -1.43. The van der Waals surface area contributed by atoms with E-state index in [2.05, 4.69) is 5.32 Å². The Balaban J connectivity index is 2.04. The fourth-order valence-corrected chi connectivity index (χ4v) is 2.59. The lowest BCUT2D eigenvalue weighted by Gasteiger charge is -2.30. The molecule has 1 aliphatic heterocycles. The highest BCUT2D eigenvalue weighted by Gasteiger charge is 2.35. The van der Waals surface area contributed by atoms with Crippen LogP contribution in [0.15, 0.2) is 30.3 Å². The molecule has 5 nitrogen and oxygen atoms in total. The van der Waals surface area contributed by atoms with Gasteiger partial charge in [-0.15, -0.1) is 0 Å². The molecular weight excluding hydrogens is 256 g/mol. The Bertz CT molecular complexity index is 444. The van der Waals surface area contributed by atoms with Gasteiger partial charge in [0.05, 0.1) is 12.1 Å². The summed E-state index contributed by atoms with van der Waals surface area (Å²) in [6, 6.07) is 9.39. The first-order valence-electron chi connectivity index (χ1n) is 6.81. The molecule has 5 heteroatoms. The monoisotopic (exact) mass is 278 g/mol. The smallest absolute Gasteiger partial charge is 0.256 e. The molecule has 2 rings (SSSR count). The van der Waals surface area contributed by atoms with Crippen LogP contribution in [0.1, 0.15) is 18.1 Å². The molecule has 0 aromatic heterocycles. The highest BCUT2D eigenvalue weighted by Crippen LogP contribution is 2.21. The average Bonchev–Trinajstić information content (AvgIpc) is 2.87. The molecule has 1 amide bonds. The van der Waals surface area contributed by atoms with Crippen molar-refractivity contribution in [2.24, 2.45) is 0 Å². The molecule has 1 saturated heterocycles. The van der Waals surface area contributed by atoms with Crippen LogP contribution in [-0.2, 0) is 9.53 Å². The van der Waals surface area contributed by atoms with Gasteiger partial charge in [0.25, 0.3) is 5.91 Å². The van der Waals surface area contributed by atoms with Crippen molar-refractivity contribution in [3.05, 3.63) is 35.9 Å². The normalized spacial score (nSPS) is 23.6. The number of β-amino-alcohol motifs (C(OH)–C–C–N with tert-alkyl or cyclic N) is 1. The lowest BCUT2D eigenvalue weighted by molar-refractivity contribution is -0.144. The lowest BCUT2D eigenvalue weighted by atomic mass is 10.0. The van der Waals surface area contributed by atoms with Gasteiger partial charge < -0.3 is 20.1 Å². The standard InChI is InChI=1S/C15H22N2O3/c1-17(11-15(19)8-9-16-10-15)14(18)13(20-2)12-6-4-3-5-7-12/h3-7,13,16,19H,8-11H2,1-2H3. The van der Waals surface area contributed by atoms with Gasteiger partial charge in [0.1, 0.15) is 0 Å². The third kappa shape index (κ3) is 3.36. The van der Waals surface area contributed by atoms with E-state index in [4.69, 9.17) is 4.74 Å². The molecule has 2 atom stereocenters. The number of amides is 1. The van der Waals surface area contributed by atoms with E-state index in [9.17, 15) is 9.90 Å². The Morgan fingerprint density at radius 2 is 2.20 bits per heavy atom. The first-order valence-corrected chi connectivity index (χ1v) is 6.81. The van der Waals surface area contributed by atoms with Crippen molar-refractivity contribution < 1.29 is 14.6 Å². The highest BCUT2D eigenvalue weighted by molar-refractivity contribution is 5.82. The molecule has 1 heterocycles. The van der Waals surface area contributed by atoms with E-state index >= 15 is 0 Å². The number of hydrogen-bond donors (Lipinski definition) is 2. The summed E-state index contributed by atoms with van der Waals surface area (Å²) in [6.07, 6.45) is 0.0345. The van der Waals surface area contributed by atoms with Crippen molar-refractivity contribution in [2.45, 2.75) is 18.1 Å². The Kier molecular flexibility index (Phi) is 4.75. The largest absolute Gasteiger partial charge is 0.387 e. The zero-order valence-corrected chi connectivity index (χ0v) is 12.0. The Morgan fingerprint density at radius 1 is 1.50 bits per heavy atom. The van der Waals surface area contributed by atoms with Crippen molar-refractivity contribution in [3.63, 3.8) is 0 Å². The van der Waals surface area contributed by atoms with Crippen LogP contribution >= 0.6 is 0 Å². The molecule has 1 aromatic carbocycles. The van der Waals surface area contributed by atoms with Crippen LogP contribution in [0.5, 0.6) is 0 Å². The molecule has 2 unspecified atom stereocenters. The van der Waals surface area contributed by atoms with Crippen LogP contribution in [0.4, 0.5) is 0 Å². The van der Waals surface area contributed by atoms with E-state index in [1.54, 1.807) is 11.9 Å². The van der Waals surface area contributed by atoms with Gasteiger partial charge in [-0.1, -0.05) is 30.3 Å². The van der Waals surface area contributed by atoms with Crippen LogP contribution in [0, 0.1) is 0 Å². The maximum atomic E-state index is 12.5. The highest BCUT2D eigenvalue weighted by atomic mass is 16.5. The summed E-state index contributed by atoms with van der Waals surface area (Å²) >= 11 is 0. The number of rotatable bonds is 5. The number of ether oxygens (including phenoxy) is 1. The molecule has 0 aliphatic carbocycles. The fraction of sp³-hybridized carbons (Fsp3) is 0.533. The second kappa shape index (κ2) is 6.35. The minimum absolute atomic E-state index is 0.140. The first-order chi connectivity index (χ1) is 9.56. The number of nitrogens with one attached hydrogen (secondary N) is 1. The molecule has 1 aliphatic rings. The quantitative estimate of drug-likeness (QED) is 0.826. The third-order valence-electron chi connectivity index (χ3n) is 3.69. The predicted molar refractivity (Wildman–Crippen MR) is 76.3 cm³/mol. The van der Waals surface area contributed by atoms with Gasteiger partial charge >= 0.3 is 0 Å². The summed E-state index contributed by atoms with van der Waals surface area (Å²) in [5.74, 6) is -0.140. The maximum Gasteiger partial charge on any atom is 0.256 e. The number of carbonyl (C=O) groups is 1. The number of nitrogens with zero attached hydrogens (tertiary/aromatic N) is 1. The van der Waals surface area contributed by atoms with Crippen LogP contribution in [0.25, 0.3) is 0 Å². The molecule has 20 heavy (non-hydrogen) atoms. The third-order valence-corrected chi connectivity index (χ3v) is 3.69. The Morgan fingerprint density at radius 3 is 2.75 bits per heavy atom. The lowest BCUT2D eigenvalue weighted by Crippen LogP contribution is -2.46. The van der Waals surface area contributed by atoms with E-state index in [1.165, 1.54) is 7.11 Å². The number of carbonyl (C=O) groups excluding carboxylic acids is 1. The predicted octanol–water partition coefficient (Wildman–Crippen LogP) is 0.557. The molecule has 0 saturated carbocycles. The SMILES string of the molecule is COC(C(=O)N(C)CC1(O)CCNC1)c1ccccc1. The van der Waals surface area contributed by atoms with Crippen LogP contribution in [-0.4, -0.2) is 55.3 Å². The van der Waals surface area contributed by atoms with Crippen LogP contribution in [0.2, 0.25) is 0 Å².